The third kappa shape index (κ3) is 3.54. The number of aromatic nitrogens is 6. The minimum absolute atomic E-state index is 0.0720. The zero-order valence-corrected chi connectivity index (χ0v) is 14.8. The average molecular weight is 400 g/mol. The Balaban J connectivity index is 1.65. The van der Waals surface area contributed by atoms with Crippen molar-refractivity contribution in [2.24, 2.45) is 14.1 Å². The van der Waals surface area contributed by atoms with Crippen LogP contribution in [0.5, 0.6) is 0 Å². The standard InChI is InChI=1S/C15H15F3N6O4/c1-21-12-11(13(26)22(2)14(21)27)23(8-19-12)5-6-28-10(25)7-24-4-3-9(20-24)15(16,17)18/h3-4,8H,5-7H2,1-2H3. The topological polar surface area (TPSA) is 106 Å². The van der Waals surface area contributed by atoms with Crippen molar-refractivity contribution in [1.29, 1.82) is 0 Å². The lowest BCUT2D eigenvalue weighted by molar-refractivity contribution is -0.146. The maximum atomic E-state index is 12.5. The minimum Gasteiger partial charge on any atom is -0.462 e. The molecular formula is C15H15F3N6O4. The van der Waals surface area contributed by atoms with Crippen molar-refractivity contribution in [2.75, 3.05) is 6.61 Å². The van der Waals surface area contributed by atoms with Gasteiger partial charge < -0.3 is 9.30 Å². The number of alkyl halides is 3. The average Bonchev–Trinajstić information content (AvgIpc) is 3.25. The van der Waals surface area contributed by atoms with Crippen LogP contribution >= 0.6 is 0 Å². The highest BCUT2D eigenvalue weighted by molar-refractivity contribution is 5.70. The second kappa shape index (κ2) is 6.98. The fourth-order valence-corrected chi connectivity index (χ4v) is 2.60. The highest BCUT2D eigenvalue weighted by Gasteiger charge is 2.33. The molecule has 150 valence electrons. The predicted octanol–water partition coefficient (Wildman–Crippen LogP) is -0.108. The van der Waals surface area contributed by atoms with Crippen LogP contribution in [-0.4, -0.2) is 41.0 Å². The molecule has 0 fully saturated rings. The highest BCUT2D eigenvalue weighted by atomic mass is 19.4. The molecule has 3 rings (SSSR count). The molecule has 28 heavy (non-hydrogen) atoms. The lowest BCUT2D eigenvalue weighted by Crippen LogP contribution is -2.37. The van der Waals surface area contributed by atoms with Crippen LogP contribution in [0.4, 0.5) is 13.2 Å². The fraction of sp³-hybridized carbons (Fsp3) is 0.400. The largest absolute Gasteiger partial charge is 0.462 e. The Kier molecular flexibility index (Phi) is 4.83. The van der Waals surface area contributed by atoms with Crippen molar-refractivity contribution in [1.82, 2.24) is 28.5 Å². The summed E-state index contributed by atoms with van der Waals surface area (Å²) in [6.07, 6.45) is -2.23. The van der Waals surface area contributed by atoms with E-state index in [2.05, 4.69) is 10.1 Å². The molecule has 3 heterocycles. The predicted molar refractivity (Wildman–Crippen MR) is 88.4 cm³/mol. The Morgan fingerprint density at radius 3 is 2.57 bits per heavy atom. The van der Waals surface area contributed by atoms with E-state index in [1.54, 1.807) is 0 Å². The van der Waals surface area contributed by atoms with Gasteiger partial charge in [0.05, 0.1) is 12.9 Å². The molecule has 3 aromatic rings. The van der Waals surface area contributed by atoms with Gasteiger partial charge in [-0.2, -0.15) is 18.3 Å². The van der Waals surface area contributed by atoms with E-state index in [0.29, 0.717) is 0 Å². The maximum Gasteiger partial charge on any atom is 0.435 e. The molecular weight excluding hydrogens is 385 g/mol. The third-order valence-electron chi connectivity index (χ3n) is 4.03. The van der Waals surface area contributed by atoms with Crippen LogP contribution in [0.15, 0.2) is 28.2 Å². The van der Waals surface area contributed by atoms with Gasteiger partial charge in [-0.1, -0.05) is 0 Å². The van der Waals surface area contributed by atoms with Gasteiger partial charge in [0.15, 0.2) is 16.9 Å². The third-order valence-corrected chi connectivity index (χ3v) is 4.03. The smallest absolute Gasteiger partial charge is 0.435 e. The van der Waals surface area contributed by atoms with E-state index >= 15 is 0 Å². The fourth-order valence-electron chi connectivity index (χ4n) is 2.60. The van der Waals surface area contributed by atoms with Gasteiger partial charge in [0.1, 0.15) is 13.2 Å². The Morgan fingerprint density at radius 2 is 1.93 bits per heavy atom. The van der Waals surface area contributed by atoms with E-state index in [9.17, 15) is 27.6 Å². The van der Waals surface area contributed by atoms with Crippen molar-refractivity contribution in [3.05, 3.63) is 45.1 Å². The second-order valence-electron chi connectivity index (χ2n) is 5.93. The minimum atomic E-state index is -4.59. The Bertz CT molecular complexity index is 1150. The molecule has 0 unspecified atom stereocenters. The molecule has 0 amide bonds. The first-order chi connectivity index (χ1) is 13.1. The quantitative estimate of drug-likeness (QED) is 0.554. The first-order valence-corrected chi connectivity index (χ1v) is 7.96. The van der Waals surface area contributed by atoms with E-state index in [-0.39, 0.29) is 24.3 Å². The zero-order valence-electron chi connectivity index (χ0n) is 14.8. The first-order valence-electron chi connectivity index (χ1n) is 7.96. The van der Waals surface area contributed by atoms with Crippen LogP contribution in [0.1, 0.15) is 5.69 Å². The Morgan fingerprint density at radius 1 is 1.21 bits per heavy atom. The molecule has 0 aliphatic rings. The van der Waals surface area contributed by atoms with Gasteiger partial charge in [-0.15, -0.1) is 0 Å². The number of fused-ring (bicyclic) bond motifs is 1. The number of hydrogen-bond acceptors (Lipinski definition) is 6. The number of rotatable bonds is 5. The van der Waals surface area contributed by atoms with E-state index in [4.69, 9.17) is 4.74 Å². The summed E-state index contributed by atoms with van der Waals surface area (Å²) in [4.78, 5) is 40.0. The van der Waals surface area contributed by atoms with E-state index in [1.807, 2.05) is 0 Å². The zero-order chi connectivity index (χ0) is 20.6. The molecule has 0 N–H and O–H groups in total. The first kappa shape index (κ1) is 19.4. The van der Waals surface area contributed by atoms with Crippen LogP contribution in [0.3, 0.4) is 0 Å². The van der Waals surface area contributed by atoms with Crippen molar-refractivity contribution in [3.8, 4) is 0 Å². The van der Waals surface area contributed by atoms with Gasteiger partial charge in [-0.25, -0.2) is 9.78 Å². The summed E-state index contributed by atoms with van der Waals surface area (Å²) in [7, 11) is 2.81. The molecule has 0 atom stereocenters. The van der Waals surface area contributed by atoms with Crippen molar-refractivity contribution in [3.63, 3.8) is 0 Å². The summed E-state index contributed by atoms with van der Waals surface area (Å²) in [6.45, 7) is -0.566. The summed E-state index contributed by atoms with van der Waals surface area (Å²) in [6, 6.07) is 0.755. The monoisotopic (exact) mass is 400 g/mol. The van der Waals surface area contributed by atoms with E-state index < -0.39 is 35.6 Å². The van der Waals surface area contributed by atoms with Gasteiger partial charge in [-0.05, 0) is 6.07 Å². The van der Waals surface area contributed by atoms with Gasteiger partial charge in [0.25, 0.3) is 5.56 Å². The highest BCUT2D eigenvalue weighted by Crippen LogP contribution is 2.27. The molecule has 0 aromatic carbocycles. The summed E-state index contributed by atoms with van der Waals surface area (Å²) >= 11 is 0. The SMILES string of the molecule is Cn1c(=O)c2c(ncn2CCOC(=O)Cn2ccc(C(F)(F)F)n2)n(C)c1=O. The van der Waals surface area contributed by atoms with Crippen LogP contribution in [0.25, 0.3) is 11.2 Å². The number of ether oxygens (including phenoxy) is 1. The molecule has 0 saturated carbocycles. The van der Waals surface area contributed by atoms with Crippen molar-refractivity contribution in [2.45, 2.75) is 19.3 Å². The second-order valence-corrected chi connectivity index (χ2v) is 5.93. The molecule has 0 radical (unpaired) electrons. The van der Waals surface area contributed by atoms with Crippen LogP contribution in [0.2, 0.25) is 0 Å². The van der Waals surface area contributed by atoms with Gasteiger partial charge in [0, 0.05) is 20.3 Å². The maximum absolute atomic E-state index is 12.5. The molecule has 10 nitrogen and oxygen atoms in total. The van der Waals surface area contributed by atoms with E-state index in [1.165, 1.54) is 29.6 Å². The van der Waals surface area contributed by atoms with Crippen molar-refractivity contribution >= 4 is 17.1 Å². The number of halogens is 3. The van der Waals surface area contributed by atoms with Crippen LogP contribution in [0, 0.1) is 0 Å². The summed E-state index contributed by atoms with van der Waals surface area (Å²) in [5.41, 5.74) is -1.81. The van der Waals surface area contributed by atoms with Crippen molar-refractivity contribution < 1.29 is 22.7 Å². The molecule has 0 aliphatic heterocycles. The molecule has 0 aliphatic carbocycles. The lowest BCUT2D eigenvalue weighted by Gasteiger charge is -2.08. The summed E-state index contributed by atoms with van der Waals surface area (Å²) in [5, 5.41) is 3.26. The van der Waals surface area contributed by atoms with Gasteiger partial charge >= 0.3 is 17.8 Å². The number of hydrogen-bond donors (Lipinski definition) is 0. The molecule has 0 spiro atoms. The van der Waals surface area contributed by atoms with E-state index in [0.717, 1.165) is 21.5 Å². The summed E-state index contributed by atoms with van der Waals surface area (Å²) in [5.74, 6) is -0.790. The number of esters is 1. The van der Waals surface area contributed by atoms with Crippen LogP contribution in [-0.2, 0) is 42.9 Å². The normalized spacial score (nSPS) is 11.9. The van der Waals surface area contributed by atoms with Gasteiger partial charge in [0.2, 0.25) is 0 Å². The molecule has 0 bridgehead atoms. The Labute approximate surface area is 154 Å². The number of carbonyl (C=O) groups excluding carboxylic acids is 1. The number of aryl methyl sites for hydroxylation is 1. The number of carbonyl (C=O) groups is 1. The summed E-state index contributed by atoms with van der Waals surface area (Å²) < 4.78 is 46.9. The number of nitrogens with zero attached hydrogens (tertiary/aromatic N) is 6. The van der Waals surface area contributed by atoms with Crippen LogP contribution < -0.4 is 11.2 Å². The Hall–Kier alpha value is -3.38. The molecule has 3 aromatic heterocycles. The molecule has 13 heteroatoms. The molecule has 0 saturated heterocycles. The lowest BCUT2D eigenvalue weighted by atomic mass is 10.4. The number of imidazole rings is 1. The van der Waals surface area contributed by atoms with Gasteiger partial charge in [-0.3, -0.25) is 23.4 Å².